The van der Waals surface area contributed by atoms with Crippen LogP contribution in [0.15, 0.2) is 60.7 Å². The molecular formula is C18H19ClO4. The highest BCUT2D eigenvalue weighted by molar-refractivity contribution is 6.61. The Kier molecular flexibility index (Phi) is 7.60. The number of ether oxygens (including phenoxy) is 3. The van der Waals surface area contributed by atoms with Gasteiger partial charge in [0.05, 0.1) is 19.8 Å². The zero-order valence-electron chi connectivity index (χ0n) is 12.7. The van der Waals surface area contributed by atoms with E-state index in [1.807, 2.05) is 60.7 Å². The van der Waals surface area contributed by atoms with E-state index in [4.69, 9.17) is 25.8 Å². The van der Waals surface area contributed by atoms with E-state index in [1.54, 1.807) is 0 Å². The summed E-state index contributed by atoms with van der Waals surface area (Å²) in [5.41, 5.74) is 1.27. The first-order valence-corrected chi connectivity index (χ1v) is 7.71. The van der Waals surface area contributed by atoms with Gasteiger partial charge in [-0.25, -0.2) is 4.79 Å². The number of carbonyl (C=O) groups is 1. The van der Waals surface area contributed by atoms with Gasteiger partial charge in [0.1, 0.15) is 12.7 Å². The van der Waals surface area contributed by atoms with Crippen molar-refractivity contribution in [3.8, 4) is 0 Å². The second-order valence-electron chi connectivity index (χ2n) is 4.97. The quantitative estimate of drug-likeness (QED) is 0.646. The summed E-state index contributed by atoms with van der Waals surface area (Å²) < 4.78 is 16.2. The number of hydrogen-bond acceptors (Lipinski definition) is 4. The second kappa shape index (κ2) is 10.0. The van der Waals surface area contributed by atoms with Crippen molar-refractivity contribution in [2.45, 2.75) is 19.3 Å². The predicted octanol–water partition coefficient (Wildman–Crippen LogP) is 4.16. The Labute approximate surface area is 140 Å². The van der Waals surface area contributed by atoms with Gasteiger partial charge in [0, 0.05) is 11.6 Å². The van der Waals surface area contributed by atoms with Crippen LogP contribution in [0.4, 0.5) is 4.79 Å². The predicted molar refractivity (Wildman–Crippen MR) is 88.3 cm³/mol. The lowest BCUT2D eigenvalue weighted by molar-refractivity contribution is -0.0539. The zero-order valence-corrected chi connectivity index (χ0v) is 13.4. The van der Waals surface area contributed by atoms with Crippen LogP contribution in [0, 0.1) is 0 Å². The highest BCUT2D eigenvalue weighted by Crippen LogP contribution is 2.07. The minimum absolute atomic E-state index is 0.0595. The fourth-order valence-corrected chi connectivity index (χ4v) is 2.04. The van der Waals surface area contributed by atoms with Crippen molar-refractivity contribution >= 4 is 17.0 Å². The average Bonchev–Trinajstić information content (AvgIpc) is 2.58. The molecule has 2 aromatic carbocycles. The van der Waals surface area contributed by atoms with Crippen LogP contribution in [0.2, 0.25) is 0 Å². The lowest BCUT2D eigenvalue weighted by atomic mass is 10.2. The molecule has 5 heteroatoms. The normalized spacial score (nSPS) is 11.9. The third kappa shape index (κ3) is 7.28. The van der Waals surface area contributed by atoms with E-state index in [2.05, 4.69) is 0 Å². The van der Waals surface area contributed by atoms with E-state index in [-0.39, 0.29) is 12.7 Å². The van der Waals surface area contributed by atoms with E-state index in [0.717, 1.165) is 11.1 Å². The maximum Gasteiger partial charge on any atom is 0.403 e. The third-order valence-corrected chi connectivity index (χ3v) is 3.24. The molecule has 0 aliphatic rings. The number of halogens is 1. The van der Waals surface area contributed by atoms with Crippen molar-refractivity contribution in [2.24, 2.45) is 0 Å². The summed E-state index contributed by atoms with van der Waals surface area (Å²) in [6, 6.07) is 19.6. The number of rotatable bonds is 9. The molecule has 4 nitrogen and oxygen atoms in total. The van der Waals surface area contributed by atoms with Crippen molar-refractivity contribution < 1.29 is 19.0 Å². The van der Waals surface area contributed by atoms with Gasteiger partial charge in [-0.15, -0.1) is 0 Å². The van der Waals surface area contributed by atoms with Gasteiger partial charge in [-0.1, -0.05) is 60.7 Å². The van der Waals surface area contributed by atoms with Gasteiger partial charge in [-0.2, -0.15) is 0 Å². The largest absolute Gasteiger partial charge is 0.451 e. The van der Waals surface area contributed by atoms with Crippen LogP contribution in [0.3, 0.4) is 0 Å². The van der Waals surface area contributed by atoms with Gasteiger partial charge in [-0.05, 0) is 11.1 Å². The zero-order chi connectivity index (χ0) is 16.3. The van der Waals surface area contributed by atoms with E-state index in [9.17, 15) is 4.79 Å². The van der Waals surface area contributed by atoms with E-state index >= 15 is 0 Å². The van der Waals surface area contributed by atoms with Crippen LogP contribution in [0.25, 0.3) is 0 Å². The monoisotopic (exact) mass is 334 g/mol. The van der Waals surface area contributed by atoms with E-state index < -0.39 is 5.43 Å². The summed E-state index contributed by atoms with van der Waals surface area (Å²) in [7, 11) is 0. The van der Waals surface area contributed by atoms with Crippen molar-refractivity contribution in [1.82, 2.24) is 0 Å². The van der Waals surface area contributed by atoms with E-state index in [0.29, 0.717) is 19.8 Å². The average molecular weight is 335 g/mol. The highest BCUT2D eigenvalue weighted by atomic mass is 35.5. The smallest absolute Gasteiger partial charge is 0.403 e. The van der Waals surface area contributed by atoms with Gasteiger partial charge in [0.25, 0.3) is 0 Å². The second-order valence-corrected chi connectivity index (χ2v) is 5.28. The molecule has 0 saturated carbocycles. The summed E-state index contributed by atoms with van der Waals surface area (Å²) in [6.45, 7) is 1.26. The lowest BCUT2D eigenvalue weighted by Crippen LogP contribution is -2.26. The summed E-state index contributed by atoms with van der Waals surface area (Å²) in [5.74, 6) is 0. The molecule has 0 aromatic heterocycles. The Morgan fingerprint density at radius 3 is 2.00 bits per heavy atom. The molecule has 2 aromatic rings. The van der Waals surface area contributed by atoms with Gasteiger partial charge < -0.3 is 14.2 Å². The Balaban J connectivity index is 1.79. The fourth-order valence-electron chi connectivity index (χ4n) is 1.97. The summed E-state index contributed by atoms with van der Waals surface area (Å²) in [6.07, 6.45) is -0.374. The number of benzene rings is 2. The molecule has 122 valence electrons. The maximum atomic E-state index is 10.8. The Morgan fingerprint density at radius 2 is 1.43 bits per heavy atom. The van der Waals surface area contributed by atoms with Gasteiger partial charge in [-0.3, -0.25) is 0 Å². The van der Waals surface area contributed by atoms with E-state index in [1.165, 1.54) is 0 Å². The molecule has 0 radical (unpaired) electrons. The number of carbonyl (C=O) groups excluding carboxylic acids is 1. The van der Waals surface area contributed by atoms with Crippen LogP contribution in [-0.2, 0) is 27.4 Å². The SMILES string of the molecule is O=C(Cl)OC[C@@H](COCc1ccccc1)OCc1ccccc1. The number of hydrogen-bond donors (Lipinski definition) is 0. The highest BCUT2D eigenvalue weighted by Gasteiger charge is 2.12. The van der Waals surface area contributed by atoms with Gasteiger partial charge in [0.15, 0.2) is 0 Å². The summed E-state index contributed by atoms with van der Waals surface area (Å²) in [4.78, 5) is 10.8. The molecule has 0 heterocycles. The molecule has 23 heavy (non-hydrogen) atoms. The molecule has 1 atom stereocenters. The van der Waals surface area contributed by atoms with Crippen LogP contribution < -0.4 is 0 Å². The molecule has 0 N–H and O–H groups in total. The van der Waals surface area contributed by atoms with Crippen LogP contribution in [0.1, 0.15) is 11.1 Å². The molecule has 0 saturated heterocycles. The first-order chi connectivity index (χ1) is 11.2. The molecule has 0 aliphatic heterocycles. The van der Waals surface area contributed by atoms with Crippen LogP contribution in [0.5, 0.6) is 0 Å². The standard InChI is InChI=1S/C18H19ClO4/c19-18(20)23-14-17(22-12-16-9-5-2-6-10-16)13-21-11-15-7-3-1-4-8-15/h1-10,17H,11-14H2/t17-/m1/s1. The first-order valence-electron chi connectivity index (χ1n) is 7.33. The molecule has 0 unspecified atom stereocenters. The fraction of sp³-hybridized carbons (Fsp3) is 0.278. The lowest BCUT2D eigenvalue weighted by Gasteiger charge is -2.17. The molecular weight excluding hydrogens is 316 g/mol. The summed E-state index contributed by atoms with van der Waals surface area (Å²) in [5, 5.41) is 0. The Morgan fingerprint density at radius 1 is 0.870 bits per heavy atom. The molecule has 0 spiro atoms. The molecule has 0 fully saturated rings. The third-order valence-electron chi connectivity index (χ3n) is 3.13. The molecule has 0 bridgehead atoms. The molecule has 2 rings (SSSR count). The molecule has 0 amide bonds. The summed E-state index contributed by atoms with van der Waals surface area (Å²) >= 11 is 5.21. The van der Waals surface area contributed by atoms with Crippen molar-refractivity contribution in [3.05, 3.63) is 71.8 Å². The van der Waals surface area contributed by atoms with Crippen LogP contribution >= 0.6 is 11.6 Å². The van der Waals surface area contributed by atoms with Crippen LogP contribution in [-0.4, -0.2) is 24.7 Å². The minimum atomic E-state index is -0.846. The Bertz CT molecular complexity index is 574. The topological polar surface area (TPSA) is 44.8 Å². The van der Waals surface area contributed by atoms with Gasteiger partial charge >= 0.3 is 5.43 Å². The van der Waals surface area contributed by atoms with Crippen molar-refractivity contribution in [2.75, 3.05) is 13.2 Å². The van der Waals surface area contributed by atoms with Gasteiger partial charge in [0.2, 0.25) is 0 Å². The minimum Gasteiger partial charge on any atom is -0.451 e. The maximum absolute atomic E-state index is 10.8. The van der Waals surface area contributed by atoms with Crippen molar-refractivity contribution in [3.63, 3.8) is 0 Å². The Hall–Kier alpha value is -1.88. The van der Waals surface area contributed by atoms with Crippen molar-refractivity contribution in [1.29, 1.82) is 0 Å². The molecule has 0 aliphatic carbocycles. The first kappa shape index (κ1) is 17.5.